The highest BCUT2D eigenvalue weighted by Crippen LogP contribution is 2.61. The van der Waals surface area contributed by atoms with Gasteiger partial charge in [-0.1, -0.05) is 13.0 Å². The molecule has 0 spiro atoms. The van der Waals surface area contributed by atoms with E-state index in [1.165, 1.54) is 5.57 Å². The fourth-order valence-corrected chi connectivity index (χ4v) is 4.33. The van der Waals surface area contributed by atoms with Crippen LogP contribution in [-0.2, 0) is 12.5 Å². The van der Waals surface area contributed by atoms with E-state index in [1.807, 2.05) is 0 Å². The summed E-state index contributed by atoms with van der Waals surface area (Å²) in [6, 6.07) is 0.593. The summed E-state index contributed by atoms with van der Waals surface area (Å²) in [5, 5.41) is 0. The number of hydrogen-bond acceptors (Lipinski definition) is 6. The minimum Gasteiger partial charge on any atom is -0.374 e. The molecule has 1 N–H and O–H groups in total. The molecule has 5 nitrogen and oxygen atoms in total. The molecule has 17 heavy (non-hydrogen) atoms. The molecule has 1 fully saturated rings. The molecular weight excluding hydrogens is 281 g/mol. The lowest BCUT2D eigenvalue weighted by Gasteiger charge is -2.27. The first-order valence-corrected chi connectivity index (χ1v) is 8.59. The van der Waals surface area contributed by atoms with Crippen LogP contribution in [0.1, 0.15) is 20.3 Å². The zero-order valence-electron chi connectivity index (χ0n) is 9.90. The molecule has 0 radical (unpaired) electrons. The second-order valence-corrected chi connectivity index (χ2v) is 6.75. The van der Waals surface area contributed by atoms with Crippen molar-refractivity contribution in [2.75, 3.05) is 7.05 Å². The van der Waals surface area contributed by atoms with Gasteiger partial charge in [0.2, 0.25) is 0 Å². The Morgan fingerprint density at radius 1 is 1.53 bits per heavy atom. The maximum atomic E-state index is 10.1. The molecule has 0 aliphatic carbocycles. The van der Waals surface area contributed by atoms with Gasteiger partial charge in [-0.05, 0) is 31.2 Å². The third-order valence-corrected chi connectivity index (χ3v) is 5.78. The summed E-state index contributed by atoms with van der Waals surface area (Å²) in [5.74, 6) is 0. The van der Waals surface area contributed by atoms with Gasteiger partial charge in [0.25, 0.3) is 0 Å². The Bertz CT molecular complexity index is 351. The van der Waals surface area contributed by atoms with Crippen molar-refractivity contribution in [3.63, 3.8) is 0 Å². The Morgan fingerprint density at radius 3 is 2.47 bits per heavy atom. The Labute approximate surface area is 110 Å². The second-order valence-electron chi connectivity index (χ2n) is 3.53. The van der Waals surface area contributed by atoms with Crippen molar-refractivity contribution >= 4 is 30.0 Å². The summed E-state index contributed by atoms with van der Waals surface area (Å²) < 4.78 is 18.3. The molecule has 8 heteroatoms. The van der Waals surface area contributed by atoms with E-state index >= 15 is 0 Å². The molecule has 1 atom stereocenters. The van der Waals surface area contributed by atoms with E-state index in [-0.39, 0.29) is 0 Å². The lowest BCUT2D eigenvalue weighted by atomic mass is 10.0. The van der Waals surface area contributed by atoms with Crippen LogP contribution in [-0.4, -0.2) is 22.9 Å². The standard InChI is InChI=1S/C9H15N.HO4PS2/c1-4-9-6-5-7-10(3)8(9)2;1-5(2)3-6-7-4-5/h5-8H,4H2,1-3H3;(H,1,2). The molecule has 2 rings (SSSR count). The van der Waals surface area contributed by atoms with Crippen LogP contribution in [0.3, 0.4) is 0 Å². The van der Waals surface area contributed by atoms with E-state index in [1.54, 1.807) is 0 Å². The summed E-state index contributed by atoms with van der Waals surface area (Å²) >= 11 is 1.52. The van der Waals surface area contributed by atoms with Crippen LogP contribution >= 0.6 is 30.0 Å². The van der Waals surface area contributed by atoms with Crippen molar-refractivity contribution in [3.8, 4) is 0 Å². The maximum absolute atomic E-state index is 10.1. The molecule has 98 valence electrons. The molecule has 1 unspecified atom stereocenters. The maximum Gasteiger partial charge on any atom is 0.496 e. The van der Waals surface area contributed by atoms with E-state index in [0.717, 1.165) is 28.6 Å². The van der Waals surface area contributed by atoms with Crippen molar-refractivity contribution in [2.24, 2.45) is 0 Å². The number of phosphoric acid groups is 1. The summed E-state index contributed by atoms with van der Waals surface area (Å²) in [5.41, 5.74) is 1.52. The first-order valence-electron chi connectivity index (χ1n) is 5.09. The number of hydrogen-bond donors (Lipinski definition) is 1. The fourth-order valence-electron chi connectivity index (χ4n) is 1.36. The molecule has 0 bridgehead atoms. The Kier molecular flexibility index (Phi) is 6.12. The minimum atomic E-state index is -3.62. The van der Waals surface area contributed by atoms with Gasteiger partial charge in [0, 0.05) is 13.1 Å². The van der Waals surface area contributed by atoms with Gasteiger partial charge in [-0.2, -0.15) is 0 Å². The molecule has 2 aliphatic rings. The van der Waals surface area contributed by atoms with Gasteiger partial charge >= 0.3 is 7.82 Å². The Balaban J connectivity index is 0.000000181. The zero-order valence-corrected chi connectivity index (χ0v) is 12.4. The van der Waals surface area contributed by atoms with Crippen LogP contribution < -0.4 is 0 Å². The van der Waals surface area contributed by atoms with Crippen LogP contribution in [0.2, 0.25) is 0 Å². The van der Waals surface area contributed by atoms with Crippen LogP contribution in [0.5, 0.6) is 0 Å². The van der Waals surface area contributed by atoms with Crippen LogP contribution in [0.4, 0.5) is 0 Å². The average molecular weight is 297 g/mol. The normalized spacial score (nSPS) is 26.2. The molecular formula is C9H16NO4PS2. The first-order chi connectivity index (χ1) is 7.96. The van der Waals surface area contributed by atoms with Gasteiger partial charge < -0.3 is 9.79 Å². The molecule has 2 heterocycles. The average Bonchev–Trinajstić information content (AvgIpc) is 2.68. The molecule has 2 aliphatic heterocycles. The summed E-state index contributed by atoms with van der Waals surface area (Å²) in [6.07, 6.45) is 7.60. The molecule has 0 aromatic rings. The van der Waals surface area contributed by atoms with Gasteiger partial charge in [-0.25, -0.2) is 12.5 Å². The van der Waals surface area contributed by atoms with E-state index in [9.17, 15) is 4.57 Å². The largest absolute Gasteiger partial charge is 0.496 e. The van der Waals surface area contributed by atoms with Crippen molar-refractivity contribution in [1.82, 2.24) is 4.90 Å². The number of rotatable bonds is 1. The topological polar surface area (TPSA) is 59.0 Å². The minimum absolute atomic E-state index is 0.593. The lowest BCUT2D eigenvalue weighted by Crippen LogP contribution is -2.27. The van der Waals surface area contributed by atoms with Gasteiger partial charge in [-0.15, -0.1) is 0 Å². The van der Waals surface area contributed by atoms with Crippen molar-refractivity contribution in [2.45, 2.75) is 26.3 Å². The number of allylic oxidation sites excluding steroid dienone is 2. The first kappa shape index (κ1) is 15.1. The molecule has 0 saturated carbocycles. The molecule has 0 aromatic carbocycles. The van der Waals surface area contributed by atoms with Crippen molar-refractivity contribution in [1.29, 1.82) is 0 Å². The highest BCUT2D eigenvalue weighted by molar-refractivity contribution is 8.75. The van der Waals surface area contributed by atoms with Gasteiger partial charge in [-0.3, -0.25) is 0 Å². The predicted octanol–water partition coefficient (Wildman–Crippen LogP) is 3.52. The molecule has 0 aromatic heterocycles. The third-order valence-electron chi connectivity index (χ3n) is 2.46. The van der Waals surface area contributed by atoms with E-state index in [4.69, 9.17) is 4.89 Å². The smallest absolute Gasteiger partial charge is 0.374 e. The third kappa shape index (κ3) is 5.07. The Hall–Kier alpha value is 0.0900. The van der Waals surface area contributed by atoms with E-state index < -0.39 is 7.82 Å². The van der Waals surface area contributed by atoms with E-state index in [0.29, 0.717) is 6.04 Å². The zero-order chi connectivity index (χ0) is 12.9. The fraction of sp³-hybridized carbons (Fsp3) is 0.556. The lowest BCUT2D eigenvalue weighted by molar-refractivity contribution is 0.333. The number of nitrogens with zero attached hydrogens (tertiary/aromatic N) is 1. The van der Waals surface area contributed by atoms with Crippen LogP contribution in [0, 0.1) is 0 Å². The highest BCUT2D eigenvalue weighted by Gasteiger charge is 2.30. The summed E-state index contributed by atoms with van der Waals surface area (Å²) in [4.78, 5) is 10.5. The van der Waals surface area contributed by atoms with Gasteiger partial charge in [0.1, 0.15) is 22.1 Å². The van der Waals surface area contributed by atoms with Crippen molar-refractivity contribution in [3.05, 3.63) is 23.9 Å². The van der Waals surface area contributed by atoms with E-state index in [2.05, 4.69) is 52.1 Å². The van der Waals surface area contributed by atoms with Crippen LogP contribution in [0.15, 0.2) is 23.9 Å². The quantitative estimate of drug-likeness (QED) is 0.451. The molecule has 1 saturated heterocycles. The monoisotopic (exact) mass is 297 g/mol. The second kappa shape index (κ2) is 6.87. The number of likely N-dealkylation sites (N-methyl/N-ethyl adjacent to an activating group) is 1. The Morgan fingerprint density at radius 2 is 2.12 bits per heavy atom. The highest BCUT2D eigenvalue weighted by atomic mass is 33.1. The summed E-state index contributed by atoms with van der Waals surface area (Å²) in [6.45, 7) is 4.44. The van der Waals surface area contributed by atoms with Crippen molar-refractivity contribution < 1.29 is 17.4 Å². The van der Waals surface area contributed by atoms with Crippen LogP contribution in [0.25, 0.3) is 0 Å². The molecule has 0 amide bonds. The SMILES string of the molecule is CCC1=CC=CN(C)C1C.O=P1(O)OSSO1. The van der Waals surface area contributed by atoms with Gasteiger partial charge in [0.05, 0.1) is 0 Å². The predicted molar refractivity (Wildman–Crippen MR) is 71.9 cm³/mol. The van der Waals surface area contributed by atoms with Gasteiger partial charge in [0.15, 0.2) is 0 Å². The summed E-state index contributed by atoms with van der Waals surface area (Å²) in [7, 11) is -1.50.